The molecule has 3 atom stereocenters. The van der Waals surface area contributed by atoms with Crippen molar-refractivity contribution in [2.45, 2.75) is 25.1 Å². The molecule has 0 radical (unpaired) electrons. The van der Waals surface area contributed by atoms with Gasteiger partial charge in [-0.05, 0) is 30.2 Å². The topological polar surface area (TPSA) is 129 Å². The van der Waals surface area contributed by atoms with E-state index in [0.717, 1.165) is 4.90 Å². The first-order valence-corrected chi connectivity index (χ1v) is 14.7. The number of ether oxygens (including phenoxy) is 2. The number of amides is 4. The molecule has 0 aliphatic carbocycles. The van der Waals surface area contributed by atoms with Crippen LogP contribution in [0.1, 0.15) is 12.0 Å². The van der Waals surface area contributed by atoms with Crippen molar-refractivity contribution in [3.63, 3.8) is 0 Å². The normalized spacial score (nSPS) is 20.3. The molecule has 0 saturated carbocycles. The van der Waals surface area contributed by atoms with Gasteiger partial charge in [-0.2, -0.15) is 0 Å². The number of halogens is 3. The molecule has 2 fully saturated rings. The Hall–Kier alpha value is -3.74. The van der Waals surface area contributed by atoms with Crippen LogP contribution >= 0.6 is 23.2 Å². The van der Waals surface area contributed by atoms with E-state index >= 15 is 4.39 Å². The molecule has 2 heterocycles. The third kappa shape index (κ3) is 6.38. The molecule has 3 aromatic rings. The molecule has 4 N–H and O–H groups in total. The lowest BCUT2D eigenvalue weighted by Gasteiger charge is -2.29. The van der Waals surface area contributed by atoms with E-state index in [9.17, 15) is 19.5 Å². The molecular formula is C31H31Cl2FN4O6. The van der Waals surface area contributed by atoms with E-state index in [1.54, 1.807) is 42.5 Å². The summed E-state index contributed by atoms with van der Waals surface area (Å²) in [5, 5.41) is 19.0. The third-order valence-electron chi connectivity index (χ3n) is 7.81. The number of aliphatic hydroxyl groups is 1. The molecule has 1 unspecified atom stereocenters. The van der Waals surface area contributed by atoms with Gasteiger partial charge in [0.25, 0.3) is 0 Å². The van der Waals surface area contributed by atoms with Gasteiger partial charge in [-0.3, -0.25) is 14.5 Å². The van der Waals surface area contributed by atoms with E-state index in [4.69, 9.17) is 32.7 Å². The zero-order chi connectivity index (χ0) is 31.5. The van der Waals surface area contributed by atoms with Gasteiger partial charge in [-0.1, -0.05) is 53.5 Å². The van der Waals surface area contributed by atoms with Crippen molar-refractivity contribution in [2.24, 2.45) is 5.92 Å². The summed E-state index contributed by atoms with van der Waals surface area (Å²) in [7, 11) is 2.75. The number of urea groups is 1. The predicted octanol–water partition coefficient (Wildman–Crippen LogP) is 4.45. The highest BCUT2D eigenvalue weighted by Crippen LogP contribution is 2.42. The summed E-state index contributed by atoms with van der Waals surface area (Å²) < 4.78 is 26.3. The first-order chi connectivity index (χ1) is 21.1. The SMILES string of the molecule is COc1cc(-c2cccc(-c3cccc(NC(=O)C4CNC(=O)N(C)C4=O)c3Cl)c2Cl)cc(F)c1CN[C@H]1CCOC[C@H]1O. The number of aliphatic hydroxyl groups excluding tert-OH is 1. The highest BCUT2D eigenvalue weighted by molar-refractivity contribution is 6.39. The fraction of sp³-hybridized carbons (Fsp3) is 0.323. The van der Waals surface area contributed by atoms with Crippen molar-refractivity contribution < 1.29 is 33.4 Å². The minimum absolute atomic E-state index is 0.134. The Labute approximate surface area is 263 Å². The minimum Gasteiger partial charge on any atom is -0.496 e. The molecule has 2 aliphatic rings. The molecule has 3 aromatic carbocycles. The van der Waals surface area contributed by atoms with Crippen molar-refractivity contribution in [2.75, 3.05) is 39.2 Å². The number of methoxy groups -OCH3 is 1. The van der Waals surface area contributed by atoms with Gasteiger partial charge >= 0.3 is 6.03 Å². The van der Waals surface area contributed by atoms with Gasteiger partial charge in [0.2, 0.25) is 11.8 Å². The van der Waals surface area contributed by atoms with Gasteiger partial charge in [0.15, 0.2) is 0 Å². The second-order valence-corrected chi connectivity index (χ2v) is 11.3. The van der Waals surface area contributed by atoms with Crippen molar-refractivity contribution >= 4 is 46.7 Å². The number of nitrogens with one attached hydrogen (secondary N) is 3. The lowest BCUT2D eigenvalue weighted by atomic mass is 9.96. The maximum Gasteiger partial charge on any atom is 0.323 e. The van der Waals surface area contributed by atoms with Crippen molar-refractivity contribution in [1.82, 2.24) is 15.5 Å². The smallest absolute Gasteiger partial charge is 0.323 e. The second kappa shape index (κ2) is 13.5. The van der Waals surface area contributed by atoms with E-state index in [0.29, 0.717) is 51.6 Å². The van der Waals surface area contributed by atoms with Crippen LogP contribution in [0.2, 0.25) is 10.0 Å². The highest BCUT2D eigenvalue weighted by atomic mass is 35.5. The van der Waals surface area contributed by atoms with Crippen LogP contribution < -0.4 is 20.7 Å². The van der Waals surface area contributed by atoms with E-state index in [1.165, 1.54) is 20.2 Å². The Morgan fingerprint density at radius 2 is 1.84 bits per heavy atom. The maximum atomic E-state index is 15.5. The average Bonchev–Trinajstić information content (AvgIpc) is 3.01. The van der Waals surface area contributed by atoms with E-state index < -0.39 is 35.7 Å². The molecule has 10 nitrogen and oxygen atoms in total. The Kier molecular flexibility index (Phi) is 9.72. The Bertz CT molecular complexity index is 1610. The Morgan fingerprint density at radius 1 is 1.14 bits per heavy atom. The zero-order valence-corrected chi connectivity index (χ0v) is 25.5. The zero-order valence-electron chi connectivity index (χ0n) is 24.0. The number of nitrogens with zero attached hydrogens (tertiary/aromatic N) is 1. The lowest BCUT2D eigenvalue weighted by Crippen LogP contribution is -2.56. The number of benzene rings is 3. The van der Waals surface area contributed by atoms with Gasteiger partial charge in [0.1, 0.15) is 17.5 Å². The summed E-state index contributed by atoms with van der Waals surface area (Å²) in [5.74, 6) is -2.55. The molecule has 4 amide bonds. The monoisotopic (exact) mass is 644 g/mol. The maximum absolute atomic E-state index is 15.5. The van der Waals surface area contributed by atoms with Crippen molar-refractivity contribution in [1.29, 1.82) is 0 Å². The molecule has 0 spiro atoms. The van der Waals surface area contributed by atoms with Gasteiger partial charge in [-0.15, -0.1) is 0 Å². The first kappa shape index (κ1) is 31.7. The molecular weight excluding hydrogens is 614 g/mol. The largest absolute Gasteiger partial charge is 0.496 e. The second-order valence-electron chi connectivity index (χ2n) is 10.5. The number of carbonyl (C=O) groups excluding carboxylic acids is 3. The van der Waals surface area contributed by atoms with Crippen molar-refractivity contribution in [3.05, 3.63) is 70.0 Å². The summed E-state index contributed by atoms with van der Waals surface area (Å²) in [6.45, 7) is 0.750. The molecule has 232 valence electrons. The predicted molar refractivity (Wildman–Crippen MR) is 164 cm³/mol. The first-order valence-electron chi connectivity index (χ1n) is 13.9. The Morgan fingerprint density at radius 3 is 2.57 bits per heavy atom. The molecule has 2 aliphatic heterocycles. The van der Waals surface area contributed by atoms with E-state index in [2.05, 4.69) is 16.0 Å². The van der Waals surface area contributed by atoms with Crippen LogP contribution in [0.5, 0.6) is 5.75 Å². The number of hydrogen-bond acceptors (Lipinski definition) is 7. The average molecular weight is 646 g/mol. The molecule has 5 rings (SSSR count). The lowest BCUT2D eigenvalue weighted by molar-refractivity contribution is -0.138. The van der Waals surface area contributed by atoms with Gasteiger partial charge in [0, 0.05) is 55.0 Å². The van der Waals surface area contributed by atoms with Crippen LogP contribution in [0.4, 0.5) is 14.9 Å². The molecule has 0 aromatic heterocycles. The molecule has 13 heteroatoms. The van der Waals surface area contributed by atoms with Crippen LogP contribution in [-0.4, -0.2) is 73.9 Å². The molecule has 44 heavy (non-hydrogen) atoms. The van der Waals surface area contributed by atoms with Gasteiger partial charge in [0.05, 0.1) is 35.6 Å². The van der Waals surface area contributed by atoms with Crippen LogP contribution in [0.25, 0.3) is 22.3 Å². The fourth-order valence-electron chi connectivity index (χ4n) is 5.27. The van der Waals surface area contributed by atoms with Crippen LogP contribution in [0, 0.1) is 11.7 Å². The van der Waals surface area contributed by atoms with E-state index in [-0.39, 0.29) is 36.4 Å². The number of hydrogen-bond donors (Lipinski definition) is 4. The molecule has 0 bridgehead atoms. The van der Waals surface area contributed by atoms with Crippen LogP contribution in [0.15, 0.2) is 48.5 Å². The minimum atomic E-state index is -1.12. The Balaban J connectivity index is 1.41. The third-order valence-corrected chi connectivity index (χ3v) is 8.62. The summed E-state index contributed by atoms with van der Waals surface area (Å²) in [6.07, 6.45) is -0.0794. The van der Waals surface area contributed by atoms with Gasteiger partial charge < -0.3 is 30.5 Å². The molecule has 2 saturated heterocycles. The highest BCUT2D eigenvalue weighted by Gasteiger charge is 2.37. The fourth-order valence-corrected chi connectivity index (χ4v) is 5.88. The number of rotatable bonds is 8. The quantitative estimate of drug-likeness (QED) is 0.267. The number of carbonyl (C=O) groups is 3. The van der Waals surface area contributed by atoms with Gasteiger partial charge in [-0.25, -0.2) is 9.18 Å². The summed E-state index contributed by atoms with van der Waals surface area (Å²) in [4.78, 5) is 38.0. The van der Waals surface area contributed by atoms with Crippen LogP contribution in [-0.2, 0) is 20.9 Å². The standard InChI is InChI=1S/C31H31Cl2FN4O6/c1-38-30(41)21(14-36-31(38)42)29(40)37-24-8-4-7-19(28(24)33)18-6-3-5-17(27(18)32)16-11-22(34)20(26(12-16)43-2)13-35-23-9-10-44-15-25(23)39/h3-8,11-12,21,23,25,35,39H,9-10,13-15H2,1-2H3,(H,36,42)(H,37,40)/t21?,23-,25+/m0/s1. The van der Waals surface area contributed by atoms with Crippen molar-refractivity contribution in [3.8, 4) is 28.0 Å². The summed E-state index contributed by atoms with van der Waals surface area (Å²) in [6, 6.07) is 12.5. The van der Waals surface area contributed by atoms with E-state index in [1.807, 2.05) is 0 Å². The summed E-state index contributed by atoms with van der Waals surface area (Å²) in [5.41, 5.74) is 2.60. The number of anilines is 1. The van der Waals surface area contributed by atoms with Crippen LogP contribution in [0.3, 0.4) is 0 Å². The summed E-state index contributed by atoms with van der Waals surface area (Å²) >= 11 is 13.6. The number of imide groups is 1.